The van der Waals surface area contributed by atoms with Gasteiger partial charge in [0.25, 0.3) is 0 Å². The van der Waals surface area contributed by atoms with Crippen molar-refractivity contribution in [3.8, 4) is 5.75 Å². The first-order chi connectivity index (χ1) is 12.2. The van der Waals surface area contributed by atoms with Crippen molar-refractivity contribution in [1.82, 2.24) is 9.55 Å². The number of ether oxygens (including phenoxy) is 1. The summed E-state index contributed by atoms with van der Waals surface area (Å²) < 4.78 is 8.25. The van der Waals surface area contributed by atoms with E-state index in [0.717, 1.165) is 43.1 Å². The summed E-state index contributed by atoms with van der Waals surface area (Å²) in [5.74, 6) is 2.72. The van der Waals surface area contributed by atoms with Crippen LogP contribution >= 0.6 is 0 Å². The second kappa shape index (κ2) is 8.19. The average Bonchev–Trinajstić information content (AvgIpc) is 3.03. The second-order valence-electron chi connectivity index (χ2n) is 6.60. The topological polar surface area (TPSA) is 27.1 Å². The molecule has 2 aromatic carbocycles. The molecule has 0 saturated heterocycles. The van der Waals surface area contributed by atoms with E-state index < -0.39 is 0 Å². The lowest BCUT2D eigenvalue weighted by Crippen LogP contribution is -2.07. The summed E-state index contributed by atoms with van der Waals surface area (Å²) in [5, 5.41) is 0. The quantitative estimate of drug-likeness (QED) is 0.502. The summed E-state index contributed by atoms with van der Waals surface area (Å²) in [7, 11) is 0. The van der Waals surface area contributed by atoms with Crippen molar-refractivity contribution in [3.05, 3.63) is 59.9 Å². The minimum atomic E-state index is 0.607. The Labute approximate surface area is 150 Å². The first kappa shape index (κ1) is 17.5. The lowest BCUT2D eigenvalue weighted by atomic mass is 9.99. The van der Waals surface area contributed by atoms with Crippen LogP contribution < -0.4 is 4.74 Å². The Hall–Kier alpha value is -2.29. The number of benzene rings is 2. The lowest BCUT2D eigenvalue weighted by molar-refractivity contribution is 0.301. The Kier molecular flexibility index (Phi) is 5.75. The summed E-state index contributed by atoms with van der Waals surface area (Å²) in [6.45, 7) is 8.30. The zero-order chi connectivity index (χ0) is 17.6. The van der Waals surface area contributed by atoms with Gasteiger partial charge in [0, 0.05) is 13.0 Å². The van der Waals surface area contributed by atoms with Crippen molar-refractivity contribution in [2.75, 3.05) is 6.61 Å². The normalized spacial score (nSPS) is 12.4. The van der Waals surface area contributed by atoms with Crippen LogP contribution in [0.1, 0.15) is 50.9 Å². The Morgan fingerprint density at radius 2 is 1.80 bits per heavy atom. The van der Waals surface area contributed by atoms with Crippen LogP contribution in [-0.4, -0.2) is 16.2 Å². The van der Waals surface area contributed by atoms with Gasteiger partial charge in [0.2, 0.25) is 0 Å². The highest BCUT2D eigenvalue weighted by Gasteiger charge is 2.08. The van der Waals surface area contributed by atoms with Crippen LogP contribution in [0.4, 0.5) is 0 Å². The van der Waals surface area contributed by atoms with Crippen LogP contribution in [0.5, 0.6) is 5.75 Å². The third-order valence-electron chi connectivity index (χ3n) is 4.91. The summed E-state index contributed by atoms with van der Waals surface area (Å²) in [6.07, 6.45) is 3.09. The predicted molar refractivity (Wildman–Crippen MR) is 104 cm³/mol. The van der Waals surface area contributed by atoms with Crippen LogP contribution in [0.15, 0.2) is 48.5 Å². The molecule has 1 atom stereocenters. The van der Waals surface area contributed by atoms with Gasteiger partial charge in [-0.25, -0.2) is 4.98 Å². The number of aryl methyl sites for hydroxylation is 2. The molecule has 0 fully saturated rings. The Morgan fingerprint density at radius 3 is 2.52 bits per heavy atom. The van der Waals surface area contributed by atoms with Gasteiger partial charge < -0.3 is 9.30 Å². The van der Waals surface area contributed by atoms with Gasteiger partial charge in [-0.3, -0.25) is 0 Å². The number of hydrogen-bond acceptors (Lipinski definition) is 2. The van der Waals surface area contributed by atoms with Crippen molar-refractivity contribution in [2.45, 2.75) is 52.5 Å². The summed E-state index contributed by atoms with van der Waals surface area (Å²) in [6, 6.07) is 16.9. The van der Waals surface area contributed by atoms with Crippen LogP contribution in [0.3, 0.4) is 0 Å². The molecule has 1 unspecified atom stereocenters. The SMILES string of the molecule is CCc1nc2ccccc2n1CCCOc1ccc(C(C)CC)cc1. The van der Waals surface area contributed by atoms with E-state index in [2.05, 4.69) is 67.8 Å². The molecule has 0 aliphatic rings. The molecule has 0 aliphatic heterocycles. The van der Waals surface area contributed by atoms with Gasteiger partial charge in [-0.15, -0.1) is 0 Å². The molecular formula is C22H28N2O. The van der Waals surface area contributed by atoms with Crippen LogP contribution in [-0.2, 0) is 13.0 Å². The molecule has 132 valence electrons. The van der Waals surface area contributed by atoms with Gasteiger partial charge in [-0.05, 0) is 48.6 Å². The van der Waals surface area contributed by atoms with Crippen molar-refractivity contribution >= 4 is 11.0 Å². The van der Waals surface area contributed by atoms with Crippen LogP contribution in [0.2, 0.25) is 0 Å². The highest BCUT2D eigenvalue weighted by Crippen LogP contribution is 2.22. The summed E-state index contributed by atoms with van der Waals surface area (Å²) in [5.41, 5.74) is 3.69. The molecule has 0 aliphatic carbocycles. The largest absolute Gasteiger partial charge is 0.494 e. The molecule has 3 rings (SSSR count). The Balaban J connectivity index is 1.57. The van der Waals surface area contributed by atoms with E-state index in [9.17, 15) is 0 Å². The molecule has 3 heteroatoms. The summed E-state index contributed by atoms with van der Waals surface area (Å²) >= 11 is 0. The predicted octanol–water partition coefficient (Wildman–Crippen LogP) is 5.58. The lowest BCUT2D eigenvalue weighted by Gasteiger charge is -2.12. The molecule has 0 saturated carbocycles. The van der Waals surface area contributed by atoms with Gasteiger partial charge in [-0.1, -0.05) is 45.0 Å². The fraction of sp³-hybridized carbons (Fsp3) is 0.409. The maximum atomic E-state index is 5.92. The first-order valence-electron chi connectivity index (χ1n) is 9.39. The molecule has 0 N–H and O–H groups in total. The van der Waals surface area contributed by atoms with Crippen molar-refractivity contribution < 1.29 is 4.74 Å². The maximum absolute atomic E-state index is 5.92. The zero-order valence-corrected chi connectivity index (χ0v) is 15.5. The van der Waals surface area contributed by atoms with E-state index in [1.54, 1.807) is 0 Å². The van der Waals surface area contributed by atoms with Crippen LogP contribution in [0.25, 0.3) is 11.0 Å². The number of rotatable bonds is 8. The molecule has 0 radical (unpaired) electrons. The minimum Gasteiger partial charge on any atom is -0.494 e. The van der Waals surface area contributed by atoms with Crippen molar-refractivity contribution in [2.24, 2.45) is 0 Å². The minimum absolute atomic E-state index is 0.607. The number of nitrogens with zero attached hydrogens (tertiary/aromatic N) is 2. The van der Waals surface area contributed by atoms with E-state index in [1.165, 1.54) is 17.5 Å². The van der Waals surface area contributed by atoms with Gasteiger partial charge in [0.1, 0.15) is 11.6 Å². The number of imidazole rings is 1. The van der Waals surface area contributed by atoms with E-state index in [0.29, 0.717) is 5.92 Å². The highest BCUT2D eigenvalue weighted by molar-refractivity contribution is 5.75. The monoisotopic (exact) mass is 336 g/mol. The fourth-order valence-electron chi connectivity index (χ4n) is 3.19. The molecule has 0 amide bonds. The third-order valence-corrected chi connectivity index (χ3v) is 4.91. The first-order valence-corrected chi connectivity index (χ1v) is 9.39. The second-order valence-corrected chi connectivity index (χ2v) is 6.60. The van der Waals surface area contributed by atoms with E-state index in [1.807, 2.05) is 6.07 Å². The van der Waals surface area contributed by atoms with Gasteiger partial charge in [-0.2, -0.15) is 0 Å². The van der Waals surface area contributed by atoms with Gasteiger partial charge >= 0.3 is 0 Å². The molecule has 0 spiro atoms. The maximum Gasteiger partial charge on any atom is 0.119 e. The Morgan fingerprint density at radius 1 is 1.04 bits per heavy atom. The Bertz CT molecular complexity index is 805. The molecule has 0 bridgehead atoms. The number of aromatic nitrogens is 2. The van der Waals surface area contributed by atoms with Crippen molar-refractivity contribution in [3.63, 3.8) is 0 Å². The number of fused-ring (bicyclic) bond motifs is 1. The van der Waals surface area contributed by atoms with Crippen LogP contribution in [0, 0.1) is 0 Å². The van der Waals surface area contributed by atoms with E-state index in [4.69, 9.17) is 9.72 Å². The van der Waals surface area contributed by atoms with Gasteiger partial charge in [0.15, 0.2) is 0 Å². The number of hydrogen-bond donors (Lipinski definition) is 0. The van der Waals surface area contributed by atoms with Crippen molar-refractivity contribution in [1.29, 1.82) is 0 Å². The smallest absolute Gasteiger partial charge is 0.119 e. The van der Waals surface area contributed by atoms with Gasteiger partial charge in [0.05, 0.1) is 17.6 Å². The fourth-order valence-corrected chi connectivity index (χ4v) is 3.19. The zero-order valence-electron chi connectivity index (χ0n) is 15.5. The van der Waals surface area contributed by atoms with E-state index in [-0.39, 0.29) is 0 Å². The van der Waals surface area contributed by atoms with E-state index >= 15 is 0 Å². The average molecular weight is 336 g/mol. The molecule has 3 nitrogen and oxygen atoms in total. The molecule has 1 heterocycles. The standard InChI is InChI=1S/C22H28N2O/c1-4-17(3)18-11-13-19(14-12-18)25-16-8-15-24-21-10-7-6-9-20(21)23-22(24)5-2/h6-7,9-14,17H,4-5,8,15-16H2,1-3H3. The highest BCUT2D eigenvalue weighted by atomic mass is 16.5. The number of para-hydroxylation sites is 2. The molecule has 25 heavy (non-hydrogen) atoms. The summed E-state index contributed by atoms with van der Waals surface area (Å²) in [4.78, 5) is 4.72. The molecular weight excluding hydrogens is 308 g/mol. The third kappa shape index (κ3) is 4.04. The molecule has 3 aromatic rings. The molecule has 1 aromatic heterocycles.